The third-order valence-corrected chi connectivity index (χ3v) is 3.60. The van der Waals surface area contributed by atoms with Crippen LogP contribution >= 0.6 is 12.4 Å². The molecule has 1 aromatic heterocycles. The van der Waals surface area contributed by atoms with E-state index in [-0.39, 0.29) is 38.1 Å². The first-order chi connectivity index (χ1) is 11.6. The highest BCUT2D eigenvalue weighted by molar-refractivity contribution is 5.85. The zero-order chi connectivity index (χ0) is 17.4. The van der Waals surface area contributed by atoms with E-state index in [1.165, 1.54) is 6.08 Å². The summed E-state index contributed by atoms with van der Waals surface area (Å²) < 4.78 is 15.1. The Labute approximate surface area is 152 Å². The Bertz CT molecular complexity index is 572. The average Bonchev–Trinajstić information content (AvgIpc) is 3.23. The molecule has 9 heteroatoms. The lowest BCUT2D eigenvalue weighted by Crippen LogP contribution is -2.43. The number of halogens is 1. The first kappa shape index (κ1) is 21.0. The molecule has 2 atom stereocenters. The molecule has 25 heavy (non-hydrogen) atoms. The van der Waals surface area contributed by atoms with Crippen molar-refractivity contribution in [3.8, 4) is 0 Å². The second-order valence-corrected chi connectivity index (χ2v) is 5.41. The smallest absolute Gasteiger partial charge is 0.408 e. The van der Waals surface area contributed by atoms with Crippen LogP contribution in [-0.2, 0) is 20.7 Å². The van der Waals surface area contributed by atoms with Crippen LogP contribution in [-0.4, -0.2) is 43.0 Å². The molecule has 0 saturated carbocycles. The molecule has 2 N–H and O–H groups in total. The molecule has 1 aliphatic heterocycles. The van der Waals surface area contributed by atoms with Gasteiger partial charge in [-0.25, -0.2) is 9.59 Å². The van der Waals surface area contributed by atoms with Gasteiger partial charge in [0.1, 0.15) is 24.1 Å². The van der Waals surface area contributed by atoms with E-state index in [0.717, 1.165) is 25.1 Å². The summed E-state index contributed by atoms with van der Waals surface area (Å²) in [5.74, 6) is -0.0502. The first-order valence-corrected chi connectivity index (χ1v) is 8.03. The third-order valence-electron chi connectivity index (χ3n) is 3.60. The molecule has 8 nitrogen and oxygen atoms in total. The van der Waals surface area contributed by atoms with Gasteiger partial charge in [0, 0.05) is 12.5 Å². The second kappa shape index (κ2) is 10.7. The molecular formula is C16H24ClN3O5. The quantitative estimate of drug-likeness (QED) is 0.530. The minimum atomic E-state index is -0.903. The summed E-state index contributed by atoms with van der Waals surface area (Å²) in [6.07, 6.45) is 2.96. The predicted molar refractivity (Wildman–Crippen MR) is 92.5 cm³/mol. The maximum absolute atomic E-state index is 12.0. The van der Waals surface area contributed by atoms with Crippen molar-refractivity contribution in [2.24, 2.45) is 0 Å². The topological polar surface area (TPSA) is 103 Å². The van der Waals surface area contributed by atoms with Crippen molar-refractivity contribution in [2.45, 2.75) is 38.3 Å². The molecule has 2 rings (SSSR count). The Morgan fingerprint density at radius 3 is 3.00 bits per heavy atom. The van der Waals surface area contributed by atoms with E-state index in [1.54, 1.807) is 13.0 Å². The largest absolute Gasteiger partial charge is 0.464 e. The van der Waals surface area contributed by atoms with Crippen LogP contribution < -0.4 is 10.6 Å². The molecule has 1 fully saturated rings. The Hall–Kier alpha value is -2.06. The maximum Gasteiger partial charge on any atom is 0.408 e. The highest BCUT2D eigenvalue weighted by Crippen LogP contribution is 2.23. The number of nitrogens with zero attached hydrogens (tertiary/aromatic N) is 1. The summed E-state index contributed by atoms with van der Waals surface area (Å²) in [5, 5.41) is 9.84. The maximum atomic E-state index is 12.0. The van der Waals surface area contributed by atoms with Gasteiger partial charge in [0.15, 0.2) is 0 Å². The van der Waals surface area contributed by atoms with Crippen molar-refractivity contribution in [3.63, 3.8) is 0 Å². The van der Waals surface area contributed by atoms with Crippen molar-refractivity contribution in [3.05, 3.63) is 30.2 Å². The minimum Gasteiger partial charge on any atom is -0.464 e. The molecule has 1 aromatic rings. The van der Waals surface area contributed by atoms with Crippen LogP contribution in [0.15, 0.2) is 23.2 Å². The molecular weight excluding hydrogens is 350 g/mol. The normalized spacial score (nSPS) is 17.2. The minimum absolute atomic E-state index is 0. The van der Waals surface area contributed by atoms with E-state index in [0.29, 0.717) is 5.76 Å². The summed E-state index contributed by atoms with van der Waals surface area (Å²) in [4.78, 5) is 23.7. The van der Waals surface area contributed by atoms with E-state index >= 15 is 0 Å². The molecule has 2 heterocycles. The SMILES string of the molecule is C=CCOC(=O)NC(Cc1cc(C2CCCN2)no1)C(=O)OCC.Cl. The molecule has 1 saturated heterocycles. The Morgan fingerprint density at radius 1 is 1.56 bits per heavy atom. The van der Waals surface area contributed by atoms with E-state index < -0.39 is 18.1 Å². The first-order valence-electron chi connectivity index (χ1n) is 8.03. The summed E-state index contributed by atoms with van der Waals surface area (Å²) in [7, 11) is 0. The van der Waals surface area contributed by atoms with E-state index in [9.17, 15) is 9.59 Å². The summed E-state index contributed by atoms with van der Waals surface area (Å²) in [5.41, 5.74) is 0.805. The van der Waals surface area contributed by atoms with Gasteiger partial charge < -0.3 is 24.6 Å². The monoisotopic (exact) mass is 373 g/mol. The highest BCUT2D eigenvalue weighted by Gasteiger charge is 2.26. The molecule has 0 aliphatic carbocycles. The van der Waals surface area contributed by atoms with Crippen LogP contribution in [0.3, 0.4) is 0 Å². The lowest BCUT2D eigenvalue weighted by molar-refractivity contribution is -0.145. The fourth-order valence-corrected chi connectivity index (χ4v) is 2.48. The van der Waals surface area contributed by atoms with Crippen molar-refractivity contribution in [1.29, 1.82) is 0 Å². The molecule has 140 valence electrons. The van der Waals surface area contributed by atoms with E-state index in [4.69, 9.17) is 14.0 Å². The zero-order valence-electron chi connectivity index (χ0n) is 14.2. The molecule has 2 unspecified atom stereocenters. The number of nitrogens with one attached hydrogen (secondary N) is 2. The predicted octanol–water partition coefficient (Wildman–Crippen LogP) is 1.91. The third kappa shape index (κ3) is 6.39. The number of hydrogen-bond donors (Lipinski definition) is 2. The Balaban J connectivity index is 0.00000312. The van der Waals surface area contributed by atoms with E-state index in [2.05, 4.69) is 22.4 Å². The Kier molecular flexibility index (Phi) is 9.01. The van der Waals surface area contributed by atoms with Crippen LogP contribution in [0, 0.1) is 0 Å². The van der Waals surface area contributed by atoms with Crippen molar-refractivity contribution >= 4 is 24.5 Å². The lowest BCUT2D eigenvalue weighted by Gasteiger charge is -2.15. The number of aromatic nitrogens is 1. The van der Waals surface area contributed by atoms with Gasteiger partial charge in [-0.2, -0.15) is 0 Å². The highest BCUT2D eigenvalue weighted by atomic mass is 35.5. The number of carbonyl (C=O) groups is 2. The van der Waals surface area contributed by atoms with Gasteiger partial charge in [0.2, 0.25) is 0 Å². The number of rotatable bonds is 8. The molecule has 1 aliphatic rings. The summed E-state index contributed by atoms with van der Waals surface area (Å²) >= 11 is 0. The molecule has 0 radical (unpaired) electrons. The van der Waals surface area contributed by atoms with Gasteiger partial charge in [-0.15, -0.1) is 12.4 Å². The number of hydrogen-bond acceptors (Lipinski definition) is 7. The molecule has 0 spiro atoms. The number of carbonyl (C=O) groups excluding carboxylic acids is 2. The zero-order valence-corrected chi connectivity index (χ0v) is 15.0. The fraction of sp³-hybridized carbons (Fsp3) is 0.562. The number of esters is 1. The standard InChI is InChI=1S/C16H23N3O5.ClH/c1-3-8-23-16(21)18-14(15(20)22-4-2)10-11-9-13(19-24-11)12-6-5-7-17-12;/h3,9,12,14,17H,1,4-8,10H2,2H3,(H,18,21);1H. The molecule has 1 amide bonds. The molecule has 0 aromatic carbocycles. The van der Waals surface area contributed by atoms with Crippen molar-refractivity contribution in [1.82, 2.24) is 15.8 Å². The van der Waals surface area contributed by atoms with Gasteiger partial charge in [-0.3, -0.25) is 0 Å². The van der Waals surface area contributed by atoms with E-state index in [1.807, 2.05) is 0 Å². The van der Waals surface area contributed by atoms with Gasteiger partial charge in [-0.1, -0.05) is 17.8 Å². The van der Waals surface area contributed by atoms with Crippen molar-refractivity contribution in [2.75, 3.05) is 19.8 Å². The Morgan fingerprint density at radius 2 is 2.36 bits per heavy atom. The number of amides is 1. The fourth-order valence-electron chi connectivity index (χ4n) is 2.48. The van der Waals surface area contributed by atoms with Gasteiger partial charge in [0.05, 0.1) is 12.6 Å². The van der Waals surface area contributed by atoms with Gasteiger partial charge >= 0.3 is 12.1 Å². The number of alkyl carbamates (subject to hydrolysis) is 1. The van der Waals surface area contributed by atoms with Crippen LogP contribution in [0.5, 0.6) is 0 Å². The van der Waals surface area contributed by atoms with Crippen LogP contribution in [0.1, 0.15) is 37.3 Å². The summed E-state index contributed by atoms with van der Waals surface area (Å²) in [6.45, 7) is 6.38. The van der Waals surface area contributed by atoms with Gasteiger partial charge in [-0.05, 0) is 26.3 Å². The van der Waals surface area contributed by atoms with Crippen LogP contribution in [0.2, 0.25) is 0 Å². The van der Waals surface area contributed by atoms with Crippen LogP contribution in [0.4, 0.5) is 4.79 Å². The lowest BCUT2D eigenvalue weighted by atomic mass is 10.1. The average molecular weight is 374 g/mol. The molecule has 0 bridgehead atoms. The van der Waals surface area contributed by atoms with Crippen LogP contribution in [0.25, 0.3) is 0 Å². The van der Waals surface area contributed by atoms with Gasteiger partial charge in [0.25, 0.3) is 0 Å². The second-order valence-electron chi connectivity index (χ2n) is 5.41. The number of ether oxygens (including phenoxy) is 2. The van der Waals surface area contributed by atoms with Crippen molar-refractivity contribution < 1.29 is 23.6 Å². The summed E-state index contributed by atoms with van der Waals surface area (Å²) in [6, 6.07) is 1.07.